The van der Waals surface area contributed by atoms with Crippen molar-refractivity contribution in [3.8, 4) is 17.3 Å². The molecule has 2 aromatic rings. The average molecular weight is 487 g/mol. The van der Waals surface area contributed by atoms with Gasteiger partial charge in [0.15, 0.2) is 0 Å². The smallest absolute Gasteiger partial charge is 0.410 e. The summed E-state index contributed by atoms with van der Waals surface area (Å²) in [4.78, 5) is 22.2. The van der Waals surface area contributed by atoms with Crippen molar-refractivity contribution in [1.29, 1.82) is 5.26 Å². The quantitative estimate of drug-likeness (QED) is 0.582. The molecule has 8 nitrogen and oxygen atoms in total. The number of anilines is 1. The minimum Gasteiger partial charge on any atom is -0.444 e. The summed E-state index contributed by atoms with van der Waals surface area (Å²) in [6.45, 7) is 13.3. The molecule has 0 radical (unpaired) electrons. The van der Waals surface area contributed by atoms with Crippen LogP contribution in [0, 0.1) is 24.2 Å². The van der Waals surface area contributed by atoms with Crippen LogP contribution in [0.3, 0.4) is 0 Å². The van der Waals surface area contributed by atoms with Gasteiger partial charge < -0.3 is 14.5 Å². The molecule has 2 aliphatic carbocycles. The van der Waals surface area contributed by atoms with Crippen molar-refractivity contribution < 1.29 is 9.53 Å². The minimum absolute atomic E-state index is 0.0569. The average Bonchev–Trinajstić information content (AvgIpc) is 3.75. The fourth-order valence-corrected chi connectivity index (χ4v) is 5.10. The topological polar surface area (TPSA) is 95.2 Å². The summed E-state index contributed by atoms with van der Waals surface area (Å²) in [6, 6.07) is 4.45. The zero-order valence-corrected chi connectivity index (χ0v) is 21.6. The van der Waals surface area contributed by atoms with E-state index in [-0.39, 0.29) is 12.1 Å². The Labute approximate surface area is 213 Å². The molecule has 1 saturated heterocycles. The third kappa shape index (κ3) is 4.79. The maximum Gasteiger partial charge on any atom is 0.410 e. The molecule has 1 atom stereocenters. The van der Waals surface area contributed by atoms with Crippen molar-refractivity contribution in [3.05, 3.63) is 41.2 Å². The number of carbonyl (C=O) groups excluding carboxylic acids is 1. The van der Waals surface area contributed by atoms with Crippen molar-refractivity contribution in [2.75, 3.05) is 24.5 Å². The second-order valence-corrected chi connectivity index (χ2v) is 11.2. The highest BCUT2D eigenvalue weighted by Gasteiger charge is 2.43. The van der Waals surface area contributed by atoms with Gasteiger partial charge in [0.05, 0.1) is 29.2 Å². The van der Waals surface area contributed by atoms with Gasteiger partial charge in [-0.3, -0.25) is 0 Å². The fraction of sp³-hybridized carbons (Fsp3) is 0.536. The predicted molar refractivity (Wildman–Crippen MR) is 138 cm³/mol. The van der Waals surface area contributed by atoms with Crippen LogP contribution in [0.5, 0.6) is 0 Å². The Balaban J connectivity index is 1.51. The molecule has 0 spiro atoms. The van der Waals surface area contributed by atoms with Crippen LogP contribution in [0.1, 0.15) is 74.8 Å². The Kier molecular flexibility index (Phi) is 6.19. The van der Waals surface area contributed by atoms with E-state index >= 15 is 0 Å². The lowest BCUT2D eigenvalue weighted by Gasteiger charge is -2.43. The molecule has 188 valence electrons. The van der Waals surface area contributed by atoms with Gasteiger partial charge in [0.2, 0.25) is 0 Å². The molecule has 0 N–H and O–H groups in total. The van der Waals surface area contributed by atoms with E-state index in [0.717, 1.165) is 59.6 Å². The number of hydrogen-bond acceptors (Lipinski definition) is 7. The summed E-state index contributed by atoms with van der Waals surface area (Å²) in [5.41, 5.74) is 4.45. The number of carbonyl (C=O) groups is 1. The van der Waals surface area contributed by atoms with E-state index in [1.165, 1.54) is 0 Å². The first-order valence-electron chi connectivity index (χ1n) is 12.8. The second-order valence-electron chi connectivity index (χ2n) is 11.2. The number of pyridine rings is 1. The molecule has 5 rings (SSSR count). The highest BCUT2D eigenvalue weighted by molar-refractivity contribution is 5.76. The van der Waals surface area contributed by atoms with Gasteiger partial charge >= 0.3 is 6.09 Å². The van der Waals surface area contributed by atoms with Gasteiger partial charge in [-0.2, -0.15) is 15.5 Å². The first kappa shape index (κ1) is 24.2. The molecule has 1 amide bonds. The number of aromatic nitrogens is 3. The van der Waals surface area contributed by atoms with E-state index in [1.54, 1.807) is 12.3 Å². The SMILES string of the molecule is C=Cc1cnnc(-c2c(C3CC3)nc(N3CCN(C(=O)OC(C)(C)C)C(C4CC4)C3)c(C#N)c2C)c1. The predicted octanol–water partition coefficient (Wildman–Crippen LogP) is 5.07. The molecule has 0 aromatic carbocycles. The number of piperazine rings is 1. The third-order valence-electron chi connectivity index (χ3n) is 7.21. The lowest BCUT2D eigenvalue weighted by Crippen LogP contribution is -2.57. The molecule has 1 unspecified atom stereocenters. The van der Waals surface area contributed by atoms with E-state index in [0.29, 0.717) is 37.0 Å². The van der Waals surface area contributed by atoms with Crippen molar-refractivity contribution >= 4 is 18.0 Å². The van der Waals surface area contributed by atoms with Crippen LogP contribution >= 0.6 is 0 Å². The van der Waals surface area contributed by atoms with Gasteiger partial charge in [0, 0.05) is 31.1 Å². The molecular formula is C28H34N6O2. The lowest BCUT2D eigenvalue weighted by atomic mass is 9.95. The minimum atomic E-state index is -0.532. The fourth-order valence-electron chi connectivity index (χ4n) is 5.10. The molecule has 2 saturated carbocycles. The number of nitrogens with zero attached hydrogens (tertiary/aromatic N) is 6. The summed E-state index contributed by atoms with van der Waals surface area (Å²) in [7, 11) is 0. The van der Waals surface area contributed by atoms with Gasteiger partial charge in [-0.1, -0.05) is 12.7 Å². The molecule has 2 aromatic heterocycles. The molecule has 1 aliphatic heterocycles. The summed E-state index contributed by atoms with van der Waals surface area (Å²) < 4.78 is 5.71. The monoisotopic (exact) mass is 486 g/mol. The maximum absolute atomic E-state index is 13.0. The molecule has 3 aliphatic rings. The summed E-state index contributed by atoms with van der Waals surface area (Å²) in [6.07, 6.45) is 7.56. The summed E-state index contributed by atoms with van der Waals surface area (Å²) in [5, 5.41) is 18.8. The number of hydrogen-bond donors (Lipinski definition) is 0. The van der Waals surface area contributed by atoms with Crippen molar-refractivity contribution in [1.82, 2.24) is 20.1 Å². The Morgan fingerprint density at radius 2 is 2.00 bits per heavy atom. The van der Waals surface area contributed by atoms with E-state index in [9.17, 15) is 10.1 Å². The highest BCUT2D eigenvalue weighted by atomic mass is 16.6. The van der Waals surface area contributed by atoms with Crippen LogP contribution in [0.25, 0.3) is 17.3 Å². The molecule has 36 heavy (non-hydrogen) atoms. The Hall–Kier alpha value is -3.47. The van der Waals surface area contributed by atoms with Gasteiger partial charge in [-0.25, -0.2) is 9.78 Å². The summed E-state index contributed by atoms with van der Waals surface area (Å²) in [5.74, 6) is 1.55. The first-order valence-corrected chi connectivity index (χ1v) is 12.8. The number of rotatable bonds is 5. The van der Waals surface area contributed by atoms with Crippen LogP contribution in [0.4, 0.5) is 10.6 Å². The Morgan fingerprint density at radius 3 is 2.61 bits per heavy atom. The van der Waals surface area contributed by atoms with Crippen molar-refractivity contribution in [2.24, 2.45) is 5.92 Å². The highest BCUT2D eigenvalue weighted by Crippen LogP contribution is 2.46. The molecule has 0 bridgehead atoms. The number of nitriles is 1. The van der Waals surface area contributed by atoms with E-state index in [2.05, 4.69) is 27.7 Å². The Morgan fingerprint density at radius 1 is 1.25 bits per heavy atom. The van der Waals surface area contributed by atoms with Crippen molar-refractivity contribution in [2.45, 2.75) is 70.9 Å². The number of amides is 1. The summed E-state index contributed by atoms with van der Waals surface area (Å²) >= 11 is 0. The van der Waals surface area contributed by atoms with Crippen LogP contribution in [-0.2, 0) is 4.74 Å². The third-order valence-corrected chi connectivity index (χ3v) is 7.21. The second kappa shape index (κ2) is 9.20. The van der Waals surface area contributed by atoms with Crippen LogP contribution in [0.15, 0.2) is 18.8 Å². The lowest BCUT2D eigenvalue weighted by molar-refractivity contribution is 0.0116. The zero-order chi connectivity index (χ0) is 25.6. The van der Waals surface area contributed by atoms with Gasteiger partial charge in [0.1, 0.15) is 17.5 Å². The maximum atomic E-state index is 13.0. The largest absolute Gasteiger partial charge is 0.444 e. The number of ether oxygens (including phenoxy) is 1. The zero-order valence-electron chi connectivity index (χ0n) is 21.6. The normalized spacial score (nSPS) is 20.1. The van der Waals surface area contributed by atoms with Crippen LogP contribution in [0.2, 0.25) is 0 Å². The van der Waals surface area contributed by atoms with Gasteiger partial charge in [-0.05, 0) is 76.5 Å². The van der Waals surface area contributed by atoms with E-state index in [1.807, 2.05) is 38.7 Å². The van der Waals surface area contributed by atoms with Crippen molar-refractivity contribution in [3.63, 3.8) is 0 Å². The molecule has 3 heterocycles. The molecule has 3 fully saturated rings. The standard InChI is InChI=1S/C28H34N6O2/c1-6-18-13-22(32-30-15-18)24-17(2)21(14-29)26(31-25(24)20-9-10-20)33-11-12-34(23(16-33)19-7-8-19)27(35)36-28(3,4)5/h6,13,15,19-20,23H,1,7-12,16H2,2-5H3. The van der Waals surface area contributed by atoms with Crippen LogP contribution in [-0.4, -0.2) is 57.5 Å². The Bertz CT molecular complexity index is 1240. The van der Waals surface area contributed by atoms with Gasteiger partial charge in [-0.15, -0.1) is 0 Å². The van der Waals surface area contributed by atoms with Gasteiger partial charge in [0.25, 0.3) is 0 Å². The molecular weight excluding hydrogens is 452 g/mol. The molecule has 8 heteroatoms. The van der Waals surface area contributed by atoms with E-state index in [4.69, 9.17) is 9.72 Å². The van der Waals surface area contributed by atoms with E-state index < -0.39 is 5.60 Å². The first-order chi connectivity index (χ1) is 17.2. The van der Waals surface area contributed by atoms with Crippen LogP contribution < -0.4 is 4.90 Å².